The topological polar surface area (TPSA) is 53.4 Å². The zero-order chi connectivity index (χ0) is 19.6. The van der Waals surface area contributed by atoms with Gasteiger partial charge in [0.2, 0.25) is 0 Å². The molecule has 7 atom stereocenters. The largest absolute Gasteiger partial charge is 0.393 e. The van der Waals surface area contributed by atoms with E-state index in [2.05, 4.69) is 31.0 Å². The SMILES string of the molecule is C[C@]12CC[C@H](O)CC1=CC[C@@H]1[C@@H]2CC[C@@]2(C)[C@H]1CC[C@@]2(O)Cc1ccccn1. The van der Waals surface area contributed by atoms with Gasteiger partial charge in [-0.15, -0.1) is 0 Å². The molecule has 4 aliphatic carbocycles. The molecule has 4 aliphatic rings. The molecule has 0 bridgehead atoms. The molecule has 2 N–H and O–H groups in total. The highest BCUT2D eigenvalue weighted by Crippen LogP contribution is 2.67. The monoisotopic (exact) mass is 381 g/mol. The van der Waals surface area contributed by atoms with Gasteiger partial charge in [-0.05, 0) is 92.1 Å². The molecule has 3 fully saturated rings. The smallest absolute Gasteiger partial charge is 0.0759 e. The fourth-order valence-corrected chi connectivity index (χ4v) is 7.84. The van der Waals surface area contributed by atoms with E-state index < -0.39 is 5.60 Å². The van der Waals surface area contributed by atoms with Crippen molar-refractivity contribution in [1.82, 2.24) is 4.98 Å². The van der Waals surface area contributed by atoms with E-state index in [0.717, 1.165) is 56.6 Å². The first-order valence-corrected chi connectivity index (χ1v) is 11.4. The maximum atomic E-state index is 11.8. The van der Waals surface area contributed by atoms with E-state index >= 15 is 0 Å². The van der Waals surface area contributed by atoms with Crippen LogP contribution in [0.3, 0.4) is 0 Å². The summed E-state index contributed by atoms with van der Waals surface area (Å²) in [6.07, 6.45) is 13.3. The van der Waals surface area contributed by atoms with Crippen molar-refractivity contribution in [3.05, 3.63) is 41.7 Å². The number of fused-ring (bicyclic) bond motifs is 5. The van der Waals surface area contributed by atoms with Crippen molar-refractivity contribution in [2.45, 2.75) is 83.3 Å². The zero-order valence-corrected chi connectivity index (χ0v) is 17.4. The van der Waals surface area contributed by atoms with Crippen LogP contribution in [0.15, 0.2) is 36.0 Å². The van der Waals surface area contributed by atoms with E-state index in [0.29, 0.717) is 18.3 Å². The van der Waals surface area contributed by atoms with Gasteiger partial charge in [0.25, 0.3) is 0 Å². The quantitative estimate of drug-likeness (QED) is 0.732. The normalized spacial score (nSPS) is 47.6. The Kier molecular flexibility index (Phi) is 4.30. The molecule has 0 unspecified atom stereocenters. The molecule has 1 aromatic heterocycles. The molecule has 0 saturated heterocycles. The number of aliphatic hydroxyl groups excluding tert-OH is 1. The van der Waals surface area contributed by atoms with Gasteiger partial charge < -0.3 is 10.2 Å². The van der Waals surface area contributed by atoms with Gasteiger partial charge in [-0.2, -0.15) is 0 Å². The van der Waals surface area contributed by atoms with Crippen LogP contribution in [0.25, 0.3) is 0 Å². The van der Waals surface area contributed by atoms with E-state index in [9.17, 15) is 10.2 Å². The van der Waals surface area contributed by atoms with Crippen molar-refractivity contribution >= 4 is 0 Å². The molecule has 0 spiro atoms. The van der Waals surface area contributed by atoms with Gasteiger partial charge in [0, 0.05) is 18.3 Å². The third-order valence-corrected chi connectivity index (χ3v) is 9.60. The van der Waals surface area contributed by atoms with Crippen LogP contribution in [-0.2, 0) is 6.42 Å². The van der Waals surface area contributed by atoms with Crippen LogP contribution in [0.2, 0.25) is 0 Å². The first-order valence-electron chi connectivity index (χ1n) is 11.4. The van der Waals surface area contributed by atoms with Gasteiger partial charge in [-0.25, -0.2) is 0 Å². The number of aliphatic hydroxyl groups is 2. The molecular weight excluding hydrogens is 346 g/mol. The Labute approximate surface area is 169 Å². The molecule has 0 radical (unpaired) electrons. The minimum Gasteiger partial charge on any atom is -0.393 e. The van der Waals surface area contributed by atoms with Crippen LogP contribution in [0, 0.1) is 28.6 Å². The Balaban J connectivity index is 1.44. The van der Waals surface area contributed by atoms with Crippen LogP contribution in [0.1, 0.15) is 70.9 Å². The second kappa shape index (κ2) is 6.40. The Morgan fingerprint density at radius 1 is 1.07 bits per heavy atom. The average Bonchev–Trinajstić information content (AvgIpc) is 2.94. The molecule has 0 aliphatic heterocycles. The zero-order valence-electron chi connectivity index (χ0n) is 17.4. The standard InChI is InChI=1S/C25H35NO2/c1-23-11-8-19(27)15-17(23)6-7-20-21(23)9-12-24(2)22(20)10-13-25(24,28)16-18-5-3-4-14-26-18/h3-6,14,19-22,27-28H,7-13,15-16H2,1-2H3/t19-,20+,21-,22-,23-,24-,25+/m0/s1. The average molecular weight is 382 g/mol. The summed E-state index contributed by atoms with van der Waals surface area (Å²) >= 11 is 0. The number of rotatable bonds is 2. The molecule has 1 heterocycles. The second-order valence-corrected chi connectivity index (χ2v) is 10.7. The lowest BCUT2D eigenvalue weighted by Gasteiger charge is -2.59. The summed E-state index contributed by atoms with van der Waals surface area (Å²) < 4.78 is 0. The summed E-state index contributed by atoms with van der Waals surface area (Å²) in [7, 11) is 0. The summed E-state index contributed by atoms with van der Waals surface area (Å²) in [6.45, 7) is 4.84. The number of allylic oxidation sites excluding steroid dienone is 1. The highest BCUT2D eigenvalue weighted by atomic mass is 16.3. The number of hydrogen-bond acceptors (Lipinski definition) is 3. The lowest BCUT2D eigenvalue weighted by Crippen LogP contribution is -2.55. The molecular formula is C25H35NO2. The fraction of sp³-hybridized carbons (Fsp3) is 0.720. The van der Waals surface area contributed by atoms with Crippen molar-refractivity contribution in [1.29, 1.82) is 0 Å². The van der Waals surface area contributed by atoms with E-state index in [-0.39, 0.29) is 16.9 Å². The van der Waals surface area contributed by atoms with Crippen molar-refractivity contribution < 1.29 is 10.2 Å². The van der Waals surface area contributed by atoms with E-state index in [1.54, 1.807) is 0 Å². The fourth-order valence-electron chi connectivity index (χ4n) is 7.84. The Morgan fingerprint density at radius 3 is 2.68 bits per heavy atom. The minimum atomic E-state index is -0.634. The molecule has 152 valence electrons. The molecule has 5 rings (SSSR count). The first-order chi connectivity index (χ1) is 13.4. The van der Waals surface area contributed by atoms with Gasteiger partial charge in [0.1, 0.15) is 0 Å². The summed E-state index contributed by atoms with van der Waals surface area (Å²) in [5.41, 5.74) is 2.17. The van der Waals surface area contributed by atoms with Gasteiger partial charge in [-0.1, -0.05) is 31.6 Å². The van der Waals surface area contributed by atoms with Crippen molar-refractivity contribution in [2.24, 2.45) is 28.6 Å². The Bertz CT molecular complexity index is 776. The maximum absolute atomic E-state index is 11.8. The predicted octanol–water partition coefficient (Wildman–Crippen LogP) is 4.68. The molecule has 3 nitrogen and oxygen atoms in total. The lowest BCUT2D eigenvalue weighted by molar-refractivity contribution is -0.124. The van der Waals surface area contributed by atoms with Gasteiger partial charge in [-0.3, -0.25) is 4.98 Å². The minimum absolute atomic E-state index is 0.0123. The third-order valence-electron chi connectivity index (χ3n) is 9.60. The van der Waals surface area contributed by atoms with E-state index in [4.69, 9.17) is 0 Å². The highest BCUT2D eigenvalue weighted by Gasteiger charge is 2.63. The predicted molar refractivity (Wildman–Crippen MR) is 111 cm³/mol. The van der Waals surface area contributed by atoms with Crippen LogP contribution < -0.4 is 0 Å². The molecule has 0 aromatic carbocycles. The van der Waals surface area contributed by atoms with Crippen LogP contribution >= 0.6 is 0 Å². The summed E-state index contributed by atoms with van der Waals surface area (Å²) in [5, 5.41) is 22.0. The summed E-state index contributed by atoms with van der Waals surface area (Å²) in [6, 6.07) is 6.04. The van der Waals surface area contributed by atoms with E-state index in [1.807, 2.05) is 18.3 Å². The molecule has 1 aromatic rings. The number of pyridine rings is 1. The molecule has 3 saturated carbocycles. The van der Waals surface area contributed by atoms with Gasteiger partial charge in [0.15, 0.2) is 0 Å². The van der Waals surface area contributed by atoms with Gasteiger partial charge in [0.05, 0.1) is 11.7 Å². The Hall–Kier alpha value is -1.19. The van der Waals surface area contributed by atoms with Crippen molar-refractivity contribution in [3.63, 3.8) is 0 Å². The Morgan fingerprint density at radius 2 is 1.89 bits per heavy atom. The van der Waals surface area contributed by atoms with Crippen molar-refractivity contribution in [2.75, 3.05) is 0 Å². The molecule has 0 amide bonds. The molecule has 28 heavy (non-hydrogen) atoms. The summed E-state index contributed by atoms with van der Waals surface area (Å²) in [5.74, 6) is 2.00. The number of aromatic nitrogens is 1. The first kappa shape index (κ1) is 18.8. The van der Waals surface area contributed by atoms with Crippen LogP contribution in [0.4, 0.5) is 0 Å². The van der Waals surface area contributed by atoms with Gasteiger partial charge >= 0.3 is 0 Å². The van der Waals surface area contributed by atoms with Crippen LogP contribution in [-0.4, -0.2) is 26.9 Å². The van der Waals surface area contributed by atoms with E-state index in [1.165, 1.54) is 12.0 Å². The molecule has 3 heteroatoms. The number of hydrogen-bond donors (Lipinski definition) is 2. The third kappa shape index (κ3) is 2.58. The number of nitrogens with zero attached hydrogens (tertiary/aromatic N) is 1. The van der Waals surface area contributed by atoms with Crippen LogP contribution in [0.5, 0.6) is 0 Å². The lowest BCUT2D eigenvalue weighted by atomic mass is 9.47. The summed E-state index contributed by atoms with van der Waals surface area (Å²) in [4.78, 5) is 4.52. The van der Waals surface area contributed by atoms with Crippen molar-refractivity contribution in [3.8, 4) is 0 Å². The highest BCUT2D eigenvalue weighted by molar-refractivity contribution is 5.26. The maximum Gasteiger partial charge on any atom is 0.0759 e. The second-order valence-electron chi connectivity index (χ2n) is 10.7.